The number of Topliss-reactive ketones (excluding diaryl/α,β-unsaturated/α-hetero) is 1. The van der Waals surface area contributed by atoms with E-state index in [2.05, 4.69) is 16.9 Å². The molecule has 0 aromatic carbocycles. The van der Waals surface area contributed by atoms with E-state index in [0.29, 0.717) is 24.2 Å². The van der Waals surface area contributed by atoms with E-state index in [9.17, 15) is 4.79 Å². The average molecular weight is 191 g/mol. The molecule has 1 aromatic heterocycles. The molecule has 14 heavy (non-hydrogen) atoms. The fourth-order valence-corrected chi connectivity index (χ4v) is 1.10. The molecule has 0 fully saturated rings. The summed E-state index contributed by atoms with van der Waals surface area (Å²) in [6, 6.07) is 0. The Kier molecular flexibility index (Phi) is 3.29. The highest BCUT2D eigenvalue weighted by Gasteiger charge is 2.12. The molecule has 0 radical (unpaired) electrons. The third-order valence-corrected chi connectivity index (χ3v) is 1.94. The van der Waals surface area contributed by atoms with E-state index in [1.54, 1.807) is 14.0 Å². The lowest BCUT2D eigenvalue weighted by Gasteiger charge is -1.97. The van der Waals surface area contributed by atoms with Crippen molar-refractivity contribution in [1.29, 1.82) is 0 Å². The zero-order valence-electron chi connectivity index (χ0n) is 8.37. The predicted octanol–water partition coefficient (Wildman–Crippen LogP) is 0.988. The van der Waals surface area contributed by atoms with Gasteiger partial charge in [0.25, 0.3) is 0 Å². The standard InChI is InChI=1S/C10H13N3O/c1-3-4-5-6-9(14)8-7-12-13(2)10(8)11/h7H,5-6,11H2,1-2H3. The maximum Gasteiger partial charge on any atom is 0.169 e. The molecule has 4 nitrogen and oxygen atoms in total. The minimum Gasteiger partial charge on any atom is -0.383 e. The van der Waals surface area contributed by atoms with Crippen LogP contribution in [0.4, 0.5) is 5.82 Å². The van der Waals surface area contributed by atoms with Crippen molar-refractivity contribution in [2.75, 3.05) is 5.73 Å². The zero-order valence-corrected chi connectivity index (χ0v) is 8.37. The number of nitrogens with zero attached hydrogens (tertiary/aromatic N) is 2. The van der Waals surface area contributed by atoms with E-state index in [1.807, 2.05) is 0 Å². The molecular weight excluding hydrogens is 178 g/mol. The van der Waals surface area contributed by atoms with Crippen molar-refractivity contribution in [3.8, 4) is 11.8 Å². The van der Waals surface area contributed by atoms with Gasteiger partial charge in [-0.3, -0.25) is 9.48 Å². The molecule has 74 valence electrons. The van der Waals surface area contributed by atoms with Gasteiger partial charge in [-0.05, 0) is 6.92 Å². The van der Waals surface area contributed by atoms with Crippen LogP contribution in [0.25, 0.3) is 0 Å². The van der Waals surface area contributed by atoms with E-state index < -0.39 is 0 Å². The number of ketones is 1. The summed E-state index contributed by atoms with van der Waals surface area (Å²) in [5.74, 6) is 5.99. The topological polar surface area (TPSA) is 60.9 Å². The van der Waals surface area contributed by atoms with Crippen LogP contribution in [0.5, 0.6) is 0 Å². The van der Waals surface area contributed by atoms with Crippen molar-refractivity contribution in [1.82, 2.24) is 9.78 Å². The number of aryl methyl sites for hydroxylation is 1. The number of carbonyl (C=O) groups is 1. The smallest absolute Gasteiger partial charge is 0.169 e. The minimum absolute atomic E-state index is 0.00153. The summed E-state index contributed by atoms with van der Waals surface area (Å²) in [4.78, 5) is 11.6. The molecule has 1 aromatic rings. The van der Waals surface area contributed by atoms with Crippen LogP contribution in [0.3, 0.4) is 0 Å². The van der Waals surface area contributed by atoms with Gasteiger partial charge in [0, 0.05) is 19.9 Å². The van der Waals surface area contributed by atoms with Gasteiger partial charge in [-0.1, -0.05) is 0 Å². The van der Waals surface area contributed by atoms with Crippen LogP contribution < -0.4 is 5.73 Å². The first-order chi connectivity index (χ1) is 6.66. The molecule has 4 heteroatoms. The molecule has 0 saturated carbocycles. The minimum atomic E-state index is -0.00153. The van der Waals surface area contributed by atoms with Crippen LogP contribution in [-0.2, 0) is 7.05 Å². The molecule has 0 amide bonds. The van der Waals surface area contributed by atoms with Gasteiger partial charge < -0.3 is 5.73 Å². The maximum absolute atomic E-state index is 11.6. The molecule has 0 aliphatic rings. The Morgan fingerprint density at radius 3 is 2.93 bits per heavy atom. The first kappa shape index (κ1) is 10.3. The highest BCUT2D eigenvalue weighted by atomic mass is 16.1. The first-order valence-electron chi connectivity index (χ1n) is 4.37. The van der Waals surface area contributed by atoms with Crippen molar-refractivity contribution in [3.05, 3.63) is 11.8 Å². The molecule has 0 unspecified atom stereocenters. The summed E-state index contributed by atoms with van der Waals surface area (Å²) in [6.45, 7) is 1.75. The number of hydrogen-bond acceptors (Lipinski definition) is 3. The number of anilines is 1. The number of carbonyl (C=O) groups excluding carboxylic acids is 1. The van der Waals surface area contributed by atoms with Gasteiger partial charge in [0.1, 0.15) is 5.82 Å². The largest absolute Gasteiger partial charge is 0.383 e. The summed E-state index contributed by atoms with van der Waals surface area (Å²) < 4.78 is 1.48. The van der Waals surface area contributed by atoms with Gasteiger partial charge in [0.2, 0.25) is 0 Å². The van der Waals surface area contributed by atoms with Crippen molar-refractivity contribution >= 4 is 11.6 Å². The third-order valence-electron chi connectivity index (χ3n) is 1.94. The fraction of sp³-hybridized carbons (Fsp3) is 0.400. The Balaban J connectivity index is 2.68. The average Bonchev–Trinajstić information content (AvgIpc) is 2.48. The molecule has 0 saturated heterocycles. The van der Waals surface area contributed by atoms with Crippen molar-refractivity contribution < 1.29 is 4.79 Å². The second-order valence-corrected chi connectivity index (χ2v) is 2.92. The van der Waals surface area contributed by atoms with Gasteiger partial charge in [0.05, 0.1) is 11.8 Å². The Morgan fingerprint density at radius 2 is 2.43 bits per heavy atom. The Bertz CT molecular complexity index is 395. The number of nitrogen functional groups attached to an aromatic ring is 1. The van der Waals surface area contributed by atoms with E-state index in [4.69, 9.17) is 5.73 Å². The molecule has 2 N–H and O–H groups in total. The van der Waals surface area contributed by atoms with Crippen molar-refractivity contribution in [2.24, 2.45) is 7.05 Å². The molecule has 0 spiro atoms. The highest BCUT2D eigenvalue weighted by Crippen LogP contribution is 2.12. The Labute approximate surface area is 83.1 Å². The summed E-state index contributed by atoms with van der Waals surface area (Å²) in [5, 5.41) is 3.90. The van der Waals surface area contributed by atoms with E-state index in [0.717, 1.165) is 0 Å². The van der Waals surface area contributed by atoms with Crippen molar-refractivity contribution in [2.45, 2.75) is 19.8 Å². The molecule has 1 heterocycles. The Morgan fingerprint density at radius 1 is 1.71 bits per heavy atom. The van der Waals surface area contributed by atoms with Gasteiger partial charge in [-0.25, -0.2) is 0 Å². The van der Waals surface area contributed by atoms with Gasteiger partial charge in [-0.2, -0.15) is 5.10 Å². The van der Waals surface area contributed by atoms with Crippen LogP contribution in [0.1, 0.15) is 30.1 Å². The fourth-order valence-electron chi connectivity index (χ4n) is 1.10. The molecule has 1 rings (SSSR count). The van der Waals surface area contributed by atoms with Crippen LogP contribution in [0.15, 0.2) is 6.20 Å². The van der Waals surface area contributed by atoms with Gasteiger partial charge in [-0.15, -0.1) is 11.8 Å². The normalized spacial score (nSPS) is 9.29. The van der Waals surface area contributed by atoms with Crippen LogP contribution in [0, 0.1) is 11.8 Å². The first-order valence-corrected chi connectivity index (χ1v) is 4.37. The molecule has 0 aliphatic heterocycles. The second-order valence-electron chi connectivity index (χ2n) is 2.92. The molecule has 0 atom stereocenters. The monoisotopic (exact) mass is 191 g/mol. The quantitative estimate of drug-likeness (QED) is 0.572. The summed E-state index contributed by atoms with van der Waals surface area (Å²) in [7, 11) is 1.71. The lowest BCUT2D eigenvalue weighted by molar-refractivity contribution is 0.0985. The number of nitrogens with two attached hydrogens (primary N) is 1. The highest BCUT2D eigenvalue weighted by molar-refractivity contribution is 5.99. The number of rotatable bonds is 3. The molecule has 0 aliphatic carbocycles. The molecular formula is C10H13N3O. The number of hydrogen-bond donors (Lipinski definition) is 1. The Hall–Kier alpha value is -1.76. The van der Waals surface area contributed by atoms with E-state index in [1.165, 1.54) is 10.9 Å². The summed E-state index contributed by atoms with van der Waals surface area (Å²) in [6.07, 6.45) is 2.47. The van der Waals surface area contributed by atoms with Crippen LogP contribution in [-0.4, -0.2) is 15.6 Å². The van der Waals surface area contributed by atoms with Gasteiger partial charge in [0.15, 0.2) is 5.78 Å². The van der Waals surface area contributed by atoms with Gasteiger partial charge >= 0.3 is 0 Å². The van der Waals surface area contributed by atoms with E-state index in [-0.39, 0.29) is 5.78 Å². The summed E-state index contributed by atoms with van der Waals surface area (Å²) >= 11 is 0. The zero-order chi connectivity index (χ0) is 10.6. The maximum atomic E-state index is 11.6. The molecule has 0 bridgehead atoms. The lowest BCUT2D eigenvalue weighted by atomic mass is 10.1. The summed E-state index contributed by atoms with van der Waals surface area (Å²) in [5.41, 5.74) is 6.14. The van der Waals surface area contributed by atoms with Crippen LogP contribution in [0.2, 0.25) is 0 Å². The SMILES string of the molecule is CC#CCCC(=O)c1cnn(C)c1N. The third kappa shape index (κ3) is 2.13. The van der Waals surface area contributed by atoms with Crippen LogP contribution >= 0.6 is 0 Å². The predicted molar refractivity (Wildman–Crippen MR) is 54.6 cm³/mol. The lowest BCUT2D eigenvalue weighted by Crippen LogP contribution is -2.04. The van der Waals surface area contributed by atoms with Crippen molar-refractivity contribution in [3.63, 3.8) is 0 Å². The van der Waals surface area contributed by atoms with E-state index >= 15 is 0 Å². The number of aromatic nitrogens is 2. The second kappa shape index (κ2) is 4.47.